The third kappa shape index (κ3) is 10.5. The third-order valence-electron chi connectivity index (χ3n) is 1.73. The number of hydrogen-bond donors (Lipinski definition) is 0. The van der Waals surface area contributed by atoms with Crippen LogP contribution < -0.4 is 0 Å². The van der Waals surface area contributed by atoms with Crippen LogP contribution in [0.5, 0.6) is 0 Å². The van der Waals surface area contributed by atoms with Gasteiger partial charge in [-0.3, -0.25) is 0 Å². The van der Waals surface area contributed by atoms with Gasteiger partial charge in [-0.05, 0) is 25.4 Å². The highest BCUT2D eigenvalue weighted by atomic mass is 31.1. The van der Waals surface area contributed by atoms with Gasteiger partial charge in [0.2, 0.25) is 0 Å². The molecule has 0 fully saturated rings. The lowest BCUT2D eigenvalue weighted by atomic mass is 10.1. The van der Waals surface area contributed by atoms with Crippen molar-refractivity contribution >= 4 is 17.7 Å². The van der Waals surface area contributed by atoms with E-state index in [1.54, 1.807) is 0 Å². The summed E-state index contributed by atoms with van der Waals surface area (Å²) in [4.78, 5) is 0. The van der Waals surface area contributed by atoms with E-state index in [0.717, 1.165) is 12.6 Å². The van der Waals surface area contributed by atoms with Crippen molar-refractivity contribution in [3.63, 3.8) is 0 Å². The van der Waals surface area contributed by atoms with Crippen LogP contribution in [0.1, 0.15) is 38.5 Å². The first kappa shape index (κ1) is 11.5. The van der Waals surface area contributed by atoms with Crippen molar-refractivity contribution in [3.8, 4) is 0 Å². The van der Waals surface area contributed by atoms with Crippen LogP contribution in [0.15, 0.2) is 0 Å². The van der Waals surface area contributed by atoms with E-state index in [1.165, 1.54) is 38.3 Å². The molecule has 0 heterocycles. The normalized spacial score (nSPS) is 10.6. The van der Waals surface area contributed by atoms with Gasteiger partial charge in [0, 0.05) is 0 Å². The van der Waals surface area contributed by atoms with Gasteiger partial charge in [0.05, 0.1) is 0 Å². The van der Waals surface area contributed by atoms with Crippen molar-refractivity contribution in [2.45, 2.75) is 38.5 Å². The van der Waals surface area contributed by atoms with E-state index in [9.17, 15) is 4.57 Å². The molecule has 2 atom stereocenters. The summed E-state index contributed by atoms with van der Waals surface area (Å²) >= 11 is 0. The summed E-state index contributed by atoms with van der Waals surface area (Å²) in [5.41, 5.74) is 0. The Morgan fingerprint density at radius 1 is 0.909 bits per heavy atom. The molecule has 0 aliphatic carbocycles. The van der Waals surface area contributed by atoms with E-state index in [1.807, 2.05) is 0 Å². The molecule has 0 saturated carbocycles. The maximum absolute atomic E-state index is 10.1. The topological polar surface area (TPSA) is 17.1 Å². The van der Waals surface area contributed by atoms with Gasteiger partial charge >= 0.3 is 8.46 Å². The van der Waals surface area contributed by atoms with Gasteiger partial charge < -0.3 is 0 Å². The van der Waals surface area contributed by atoms with Crippen LogP contribution in [0.3, 0.4) is 0 Å². The number of rotatable bonds is 8. The molecule has 11 heavy (non-hydrogen) atoms. The fourth-order valence-corrected chi connectivity index (χ4v) is 1.73. The average molecular weight is 193 g/mol. The molecule has 1 nitrogen and oxygen atoms in total. The third-order valence-corrected chi connectivity index (χ3v) is 2.70. The van der Waals surface area contributed by atoms with Crippen LogP contribution in [0, 0.1) is 0 Å². The Labute approximate surface area is 73.7 Å². The summed E-state index contributed by atoms with van der Waals surface area (Å²) in [7, 11) is 2.67. The van der Waals surface area contributed by atoms with Crippen LogP contribution in [-0.4, -0.2) is 12.3 Å². The second kappa shape index (κ2) is 10.5. The van der Waals surface area contributed by atoms with E-state index in [4.69, 9.17) is 0 Å². The minimum atomic E-state index is -0.0833. The Balaban J connectivity index is 2.74. The molecule has 0 radical (unpaired) electrons. The zero-order chi connectivity index (χ0) is 8.36. The Kier molecular flexibility index (Phi) is 11.0. The molecule has 0 aromatic rings. The smallest absolute Gasteiger partial charge is 0.138 e. The van der Waals surface area contributed by atoms with Crippen LogP contribution in [0.2, 0.25) is 0 Å². The van der Waals surface area contributed by atoms with Gasteiger partial charge in [-0.1, -0.05) is 23.8 Å². The zero-order valence-corrected chi connectivity index (χ0v) is 9.30. The van der Waals surface area contributed by atoms with E-state index in [-0.39, 0.29) is 8.46 Å². The highest BCUT2D eigenvalue weighted by Crippen LogP contribution is 2.08. The largest absolute Gasteiger partial charge is 0.324 e. The zero-order valence-electron chi connectivity index (χ0n) is 7.14. The summed E-state index contributed by atoms with van der Waals surface area (Å²) in [6.07, 6.45) is 9.96. The van der Waals surface area contributed by atoms with Crippen LogP contribution in [0.25, 0.3) is 0 Å². The monoisotopic (exact) mass is 193 g/mol. The average Bonchev–Trinajstić information content (AvgIpc) is 2.03. The molecule has 2 unspecified atom stereocenters. The summed E-state index contributed by atoms with van der Waals surface area (Å²) in [5.74, 6) is 0. The van der Waals surface area contributed by atoms with Crippen molar-refractivity contribution in [3.05, 3.63) is 0 Å². The summed E-state index contributed by atoms with van der Waals surface area (Å²) in [6.45, 7) is 0. The number of unbranched alkanes of at least 4 members (excludes halogenated alkanes) is 5. The van der Waals surface area contributed by atoms with Gasteiger partial charge in [-0.15, -0.1) is 9.24 Å². The van der Waals surface area contributed by atoms with Gasteiger partial charge in [0.15, 0.2) is 0 Å². The quantitative estimate of drug-likeness (QED) is 0.427. The molecule has 0 spiro atoms. The van der Waals surface area contributed by atoms with Gasteiger partial charge in [-0.25, -0.2) is 0 Å². The molecule has 0 rings (SSSR count). The van der Waals surface area contributed by atoms with Crippen molar-refractivity contribution < 1.29 is 4.57 Å². The highest BCUT2D eigenvalue weighted by molar-refractivity contribution is 7.23. The molecule has 0 saturated heterocycles. The minimum absolute atomic E-state index is 0.0833. The lowest BCUT2D eigenvalue weighted by Crippen LogP contribution is -1.80. The second-order valence-corrected chi connectivity index (χ2v) is 4.17. The molecule has 0 aliphatic heterocycles. The van der Waals surface area contributed by atoms with Crippen molar-refractivity contribution in [1.82, 2.24) is 0 Å². The molecular weight excluding hydrogens is 174 g/mol. The fraction of sp³-hybridized carbons (Fsp3) is 1.00. The molecule has 0 N–H and O–H groups in total. The lowest BCUT2D eigenvalue weighted by molar-refractivity contribution is 0.591. The lowest BCUT2D eigenvalue weighted by Gasteiger charge is -1.96. The Bertz CT molecular complexity index is 86.2. The standard InChI is InChI=1S/C8H18OP2/c9-11-8-6-4-2-1-3-5-7-10/h1-8,10H2/p+1. The molecular formula is C8H19OP2+. The van der Waals surface area contributed by atoms with Crippen LogP contribution >= 0.6 is 17.7 Å². The predicted molar refractivity (Wildman–Crippen MR) is 56.1 cm³/mol. The van der Waals surface area contributed by atoms with Gasteiger partial charge in [0.1, 0.15) is 6.16 Å². The van der Waals surface area contributed by atoms with Crippen molar-refractivity contribution in [2.75, 3.05) is 12.3 Å². The molecule has 0 bridgehead atoms. The first-order valence-corrected chi connectivity index (χ1v) is 6.40. The fourth-order valence-electron chi connectivity index (χ4n) is 1.05. The van der Waals surface area contributed by atoms with Crippen molar-refractivity contribution in [2.24, 2.45) is 0 Å². The van der Waals surface area contributed by atoms with E-state index < -0.39 is 0 Å². The first-order valence-electron chi connectivity index (χ1n) is 4.47. The first-order chi connectivity index (χ1) is 5.41. The van der Waals surface area contributed by atoms with Crippen molar-refractivity contribution in [1.29, 1.82) is 0 Å². The van der Waals surface area contributed by atoms with Crippen LogP contribution in [-0.2, 0) is 4.57 Å². The van der Waals surface area contributed by atoms with Gasteiger partial charge in [-0.2, -0.15) is 0 Å². The summed E-state index contributed by atoms with van der Waals surface area (Å²) in [6, 6.07) is 0. The van der Waals surface area contributed by atoms with E-state index in [0.29, 0.717) is 0 Å². The molecule has 66 valence electrons. The second-order valence-electron chi connectivity index (χ2n) is 2.80. The molecule has 3 heteroatoms. The Morgan fingerprint density at radius 2 is 1.45 bits per heavy atom. The van der Waals surface area contributed by atoms with Gasteiger partial charge in [0.25, 0.3) is 0 Å². The SMILES string of the molecule is O=[PH+]CCCCCCCCP. The molecule has 0 amide bonds. The highest BCUT2D eigenvalue weighted by Gasteiger charge is 1.92. The van der Waals surface area contributed by atoms with E-state index in [2.05, 4.69) is 9.24 Å². The number of hydrogen-bond acceptors (Lipinski definition) is 1. The Morgan fingerprint density at radius 3 is 2.00 bits per heavy atom. The van der Waals surface area contributed by atoms with E-state index >= 15 is 0 Å². The summed E-state index contributed by atoms with van der Waals surface area (Å²) in [5, 5.41) is 0. The maximum atomic E-state index is 10.1. The van der Waals surface area contributed by atoms with Crippen LogP contribution in [0.4, 0.5) is 0 Å². The maximum Gasteiger partial charge on any atom is 0.324 e. The molecule has 0 aliphatic rings. The summed E-state index contributed by atoms with van der Waals surface area (Å²) < 4.78 is 10.1. The minimum Gasteiger partial charge on any atom is -0.138 e. The molecule has 0 aromatic heterocycles. The predicted octanol–water partition coefficient (Wildman–Crippen LogP) is 3.23. The Hall–Kier alpha value is 0.530. The molecule has 0 aromatic carbocycles.